The van der Waals surface area contributed by atoms with Gasteiger partial charge in [-0.3, -0.25) is 4.79 Å². The van der Waals surface area contributed by atoms with E-state index in [9.17, 15) is 9.59 Å². The summed E-state index contributed by atoms with van der Waals surface area (Å²) in [5, 5.41) is 7.09. The van der Waals surface area contributed by atoms with Gasteiger partial charge in [0.15, 0.2) is 5.11 Å². The number of carbonyl (C=O) groups is 2. The monoisotopic (exact) mass is 471 g/mol. The first-order valence-electron chi connectivity index (χ1n) is 10.3. The Balaban J connectivity index is 1.82. The average molecular weight is 472 g/mol. The lowest BCUT2D eigenvalue weighted by Crippen LogP contribution is -2.46. The van der Waals surface area contributed by atoms with Crippen molar-refractivity contribution in [3.8, 4) is 0 Å². The first-order valence-corrected chi connectivity index (χ1v) is 11.0. The minimum absolute atomic E-state index is 0.232. The largest absolute Gasteiger partial charge is 0.462 e. The third-order valence-corrected chi connectivity index (χ3v) is 5.74. The highest BCUT2D eigenvalue weighted by Crippen LogP contribution is 2.31. The Kier molecular flexibility index (Phi) is 7.53. The van der Waals surface area contributed by atoms with Gasteiger partial charge in [-0.05, 0) is 61.0 Å². The molecule has 6 nitrogen and oxygen atoms in total. The summed E-state index contributed by atoms with van der Waals surface area (Å²) >= 11 is 11.4. The second kappa shape index (κ2) is 10.1. The summed E-state index contributed by atoms with van der Waals surface area (Å²) in [6.45, 7) is 6.17. The van der Waals surface area contributed by atoms with Crippen LogP contribution in [0.2, 0.25) is 5.02 Å². The van der Waals surface area contributed by atoms with Gasteiger partial charge >= 0.3 is 5.97 Å². The number of halogens is 1. The smallest absolute Gasteiger partial charge is 0.338 e. The molecule has 1 atom stereocenters. The molecule has 0 saturated carbocycles. The lowest BCUT2D eigenvalue weighted by Gasteiger charge is -2.35. The molecule has 1 amide bonds. The second-order valence-corrected chi connectivity index (χ2v) is 8.84. The van der Waals surface area contributed by atoms with E-state index in [0.29, 0.717) is 33.6 Å². The molecule has 3 rings (SSSR count). The lowest BCUT2D eigenvalue weighted by molar-refractivity contribution is -0.140. The molecule has 0 fully saturated rings. The van der Waals surface area contributed by atoms with Gasteiger partial charge in [0.25, 0.3) is 5.91 Å². The maximum Gasteiger partial charge on any atom is 0.338 e. The van der Waals surface area contributed by atoms with E-state index in [1.807, 2.05) is 40.0 Å². The Hall–Kier alpha value is -2.90. The Morgan fingerprint density at radius 3 is 2.53 bits per heavy atom. The van der Waals surface area contributed by atoms with E-state index in [-0.39, 0.29) is 17.8 Å². The predicted molar refractivity (Wildman–Crippen MR) is 131 cm³/mol. The van der Waals surface area contributed by atoms with Crippen LogP contribution < -0.4 is 10.6 Å². The summed E-state index contributed by atoms with van der Waals surface area (Å²) in [5.41, 5.74) is 3.18. The number of amides is 1. The number of benzene rings is 2. The molecule has 2 aromatic rings. The van der Waals surface area contributed by atoms with E-state index in [1.54, 1.807) is 41.3 Å². The zero-order valence-electron chi connectivity index (χ0n) is 18.4. The Bertz CT molecular complexity index is 1070. The van der Waals surface area contributed by atoms with E-state index in [0.717, 1.165) is 11.3 Å². The second-order valence-electron chi connectivity index (χ2n) is 8.02. The van der Waals surface area contributed by atoms with E-state index in [4.69, 9.17) is 28.6 Å². The minimum atomic E-state index is -0.448. The fraction of sp³-hybridized carbons (Fsp3) is 0.292. The molecular formula is C24H26ClN3O3S. The van der Waals surface area contributed by atoms with Gasteiger partial charge in [-0.15, -0.1) is 0 Å². The number of nitrogens with zero attached hydrogens (tertiary/aromatic N) is 1. The quantitative estimate of drug-likeness (QED) is 0.460. The predicted octanol–water partition coefficient (Wildman–Crippen LogP) is 4.93. The normalized spacial score (nSPS) is 16.1. The van der Waals surface area contributed by atoms with Crippen molar-refractivity contribution in [3.05, 3.63) is 76.0 Å². The number of hydrogen-bond donors (Lipinski definition) is 2. The van der Waals surface area contributed by atoms with Crippen LogP contribution in [0.25, 0.3) is 0 Å². The maximum atomic E-state index is 12.9. The first kappa shape index (κ1) is 23.8. The molecule has 0 saturated heterocycles. The highest BCUT2D eigenvalue weighted by molar-refractivity contribution is 7.80. The van der Waals surface area contributed by atoms with Crippen LogP contribution in [0, 0.1) is 5.92 Å². The number of anilines is 1. The molecule has 0 aromatic heterocycles. The zero-order chi connectivity index (χ0) is 23.4. The van der Waals surface area contributed by atoms with Crippen LogP contribution in [0.5, 0.6) is 0 Å². The van der Waals surface area contributed by atoms with Gasteiger partial charge in [0, 0.05) is 29.0 Å². The van der Waals surface area contributed by atoms with Crippen molar-refractivity contribution < 1.29 is 14.3 Å². The number of esters is 1. The number of hydrogen-bond acceptors (Lipinski definition) is 4. The molecule has 8 heteroatoms. The molecular weight excluding hydrogens is 446 g/mol. The SMILES string of the molecule is CC1=C(C(=O)OCC(C)C)C(c2ccc(NC(=O)c3cccc(Cl)c3)cc2)NC(=S)N1C. The van der Waals surface area contributed by atoms with Gasteiger partial charge < -0.3 is 20.3 Å². The summed E-state index contributed by atoms with van der Waals surface area (Å²) < 4.78 is 5.51. The first-order chi connectivity index (χ1) is 15.2. The van der Waals surface area contributed by atoms with Crippen LogP contribution in [0.3, 0.4) is 0 Å². The van der Waals surface area contributed by atoms with Crippen LogP contribution >= 0.6 is 23.8 Å². The number of ether oxygens (including phenoxy) is 1. The molecule has 0 aliphatic carbocycles. The van der Waals surface area contributed by atoms with Crippen LogP contribution in [0.15, 0.2) is 59.8 Å². The van der Waals surface area contributed by atoms with Crippen LogP contribution in [-0.4, -0.2) is 35.5 Å². The highest BCUT2D eigenvalue weighted by Gasteiger charge is 2.33. The fourth-order valence-electron chi connectivity index (χ4n) is 3.26. The Labute approximate surface area is 198 Å². The molecule has 2 aromatic carbocycles. The van der Waals surface area contributed by atoms with Crippen LogP contribution in [0.1, 0.15) is 42.7 Å². The van der Waals surface area contributed by atoms with E-state index in [2.05, 4.69) is 10.6 Å². The molecule has 1 unspecified atom stereocenters. The third-order valence-electron chi connectivity index (χ3n) is 5.11. The average Bonchev–Trinajstić information content (AvgIpc) is 2.76. The number of nitrogens with one attached hydrogen (secondary N) is 2. The minimum Gasteiger partial charge on any atom is -0.462 e. The highest BCUT2D eigenvalue weighted by atomic mass is 35.5. The third kappa shape index (κ3) is 5.47. The van der Waals surface area contributed by atoms with Crippen molar-refractivity contribution in [2.24, 2.45) is 5.92 Å². The summed E-state index contributed by atoms with van der Waals surface area (Å²) in [6.07, 6.45) is 0. The van der Waals surface area contributed by atoms with Crippen molar-refractivity contribution in [2.45, 2.75) is 26.8 Å². The van der Waals surface area contributed by atoms with Gasteiger partial charge in [-0.1, -0.05) is 43.6 Å². The van der Waals surface area contributed by atoms with E-state index < -0.39 is 6.04 Å². The summed E-state index contributed by atoms with van der Waals surface area (Å²) in [6, 6.07) is 13.6. The standard InChI is InChI=1S/C24H26ClN3O3S/c1-14(2)13-31-23(30)20-15(3)28(4)24(32)27-21(20)16-8-10-19(11-9-16)26-22(29)17-6-5-7-18(25)12-17/h5-12,14,21H,13H2,1-4H3,(H,26,29)(H,27,32). The zero-order valence-corrected chi connectivity index (χ0v) is 20.0. The number of allylic oxidation sites excluding steroid dienone is 1. The van der Waals surface area contributed by atoms with Gasteiger partial charge in [0.1, 0.15) is 0 Å². The Morgan fingerprint density at radius 2 is 1.91 bits per heavy atom. The molecule has 0 radical (unpaired) electrons. The van der Waals surface area contributed by atoms with Crippen LogP contribution in [0.4, 0.5) is 5.69 Å². The van der Waals surface area contributed by atoms with Crippen molar-refractivity contribution in [1.29, 1.82) is 0 Å². The molecule has 1 aliphatic heterocycles. The molecule has 2 N–H and O–H groups in total. The van der Waals surface area contributed by atoms with Gasteiger partial charge in [-0.25, -0.2) is 4.79 Å². The number of thiocarbonyl (C=S) groups is 1. The van der Waals surface area contributed by atoms with Gasteiger partial charge in [0.2, 0.25) is 0 Å². The molecule has 1 aliphatic rings. The summed E-state index contributed by atoms with van der Waals surface area (Å²) in [7, 11) is 1.81. The Morgan fingerprint density at radius 1 is 1.22 bits per heavy atom. The van der Waals surface area contributed by atoms with Gasteiger partial charge in [0.05, 0.1) is 18.2 Å². The molecule has 32 heavy (non-hydrogen) atoms. The van der Waals surface area contributed by atoms with Crippen molar-refractivity contribution in [1.82, 2.24) is 10.2 Å². The maximum absolute atomic E-state index is 12.9. The molecule has 0 bridgehead atoms. The number of rotatable bonds is 6. The van der Waals surface area contributed by atoms with E-state index in [1.165, 1.54) is 0 Å². The fourth-order valence-corrected chi connectivity index (χ4v) is 3.71. The molecule has 0 spiro atoms. The van der Waals surface area contributed by atoms with Crippen molar-refractivity contribution in [3.63, 3.8) is 0 Å². The topological polar surface area (TPSA) is 70.7 Å². The van der Waals surface area contributed by atoms with Crippen molar-refractivity contribution in [2.75, 3.05) is 19.0 Å². The lowest BCUT2D eigenvalue weighted by atomic mass is 9.95. The van der Waals surface area contributed by atoms with E-state index >= 15 is 0 Å². The van der Waals surface area contributed by atoms with Crippen molar-refractivity contribution >= 4 is 46.5 Å². The molecule has 1 heterocycles. The van der Waals surface area contributed by atoms with Crippen LogP contribution in [-0.2, 0) is 9.53 Å². The van der Waals surface area contributed by atoms with Gasteiger partial charge in [-0.2, -0.15) is 0 Å². The number of carbonyl (C=O) groups excluding carboxylic acids is 2. The summed E-state index contributed by atoms with van der Waals surface area (Å²) in [5.74, 6) is -0.398. The molecule has 168 valence electrons. The summed E-state index contributed by atoms with van der Waals surface area (Å²) in [4.78, 5) is 27.1.